The van der Waals surface area contributed by atoms with Crippen molar-refractivity contribution in [1.29, 1.82) is 0 Å². The number of halogens is 3. The Kier molecular flexibility index (Phi) is 4.29. The molecule has 0 aliphatic heterocycles. The molecule has 1 N–H and O–H groups in total. The van der Waals surface area contributed by atoms with Gasteiger partial charge in [-0.2, -0.15) is 0 Å². The van der Waals surface area contributed by atoms with Crippen molar-refractivity contribution >= 4 is 31.0 Å². The van der Waals surface area contributed by atoms with Crippen molar-refractivity contribution in [2.75, 3.05) is 0 Å². The minimum absolute atomic E-state index is 0.178. The van der Waals surface area contributed by atoms with E-state index in [0.717, 1.165) is 18.2 Å². The van der Waals surface area contributed by atoms with E-state index in [1.165, 1.54) is 0 Å². The second kappa shape index (κ2) is 5.56. The number of fused-ring (bicyclic) bond motifs is 1. The van der Waals surface area contributed by atoms with E-state index in [-0.39, 0.29) is 5.92 Å². The summed E-state index contributed by atoms with van der Waals surface area (Å²) in [7, 11) is -6.58. The highest BCUT2D eigenvalue weighted by molar-refractivity contribution is 7.79. The highest BCUT2D eigenvalue weighted by Crippen LogP contribution is 2.57. The standard InChI is InChI=1S/C12H10F3S.H2O4S/c13-12(14,15)16-10-4-2-1-3-9(10)7-11(16)8-5-6-8;1-5(2,3)4/h1-4,7-8H,5-6H2;(H2,1,2,3,4)/q+1;/p-1. The second-order valence-electron chi connectivity index (χ2n) is 4.54. The highest BCUT2D eigenvalue weighted by Gasteiger charge is 2.50. The fraction of sp³-hybridized carbons (Fsp3) is 0.333. The van der Waals surface area contributed by atoms with Crippen molar-refractivity contribution < 1.29 is 30.7 Å². The third-order valence-corrected chi connectivity index (χ3v) is 5.08. The summed E-state index contributed by atoms with van der Waals surface area (Å²) in [6.45, 7) is 0. The van der Waals surface area contributed by atoms with Crippen LogP contribution in [0.3, 0.4) is 0 Å². The molecule has 1 heterocycles. The molecule has 9 heteroatoms. The summed E-state index contributed by atoms with van der Waals surface area (Å²) in [5.74, 6) is 0.178. The van der Waals surface area contributed by atoms with Crippen LogP contribution in [-0.2, 0) is 15.9 Å². The van der Waals surface area contributed by atoms with Gasteiger partial charge in [-0.15, -0.1) is 13.2 Å². The van der Waals surface area contributed by atoms with Crippen molar-refractivity contribution in [3.8, 4) is 0 Å². The Morgan fingerprint density at radius 3 is 2.24 bits per heavy atom. The molecule has 1 atom stereocenters. The van der Waals surface area contributed by atoms with E-state index in [0.29, 0.717) is 9.58 Å². The van der Waals surface area contributed by atoms with Gasteiger partial charge in [0.1, 0.15) is 0 Å². The number of benzene rings is 1. The molecule has 1 aromatic heterocycles. The Labute approximate surface area is 121 Å². The summed E-state index contributed by atoms with van der Waals surface area (Å²) in [5.41, 5.74) is -4.12. The SMILES string of the molecule is FC(F)(F)[s+]1c(C2CC2)cc2ccccc21.O=S(=O)([O-])O. The van der Waals surface area contributed by atoms with Crippen LogP contribution >= 0.6 is 10.5 Å². The molecule has 0 amide bonds. The fourth-order valence-electron chi connectivity index (χ4n) is 2.04. The molecule has 1 saturated carbocycles. The van der Waals surface area contributed by atoms with Crippen molar-refractivity contribution in [3.63, 3.8) is 0 Å². The predicted octanol–water partition coefficient (Wildman–Crippen LogP) is 3.95. The van der Waals surface area contributed by atoms with Crippen LogP contribution in [0.25, 0.3) is 10.1 Å². The van der Waals surface area contributed by atoms with Gasteiger partial charge < -0.3 is 4.55 Å². The molecule has 1 aliphatic carbocycles. The van der Waals surface area contributed by atoms with Gasteiger partial charge in [-0.25, -0.2) is 8.42 Å². The van der Waals surface area contributed by atoms with Crippen LogP contribution in [0.5, 0.6) is 0 Å². The van der Waals surface area contributed by atoms with Gasteiger partial charge in [-0.05, 0) is 25.0 Å². The molecule has 116 valence electrons. The maximum absolute atomic E-state index is 13.0. The Hall–Kier alpha value is -1.16. The lowest BCUT2D eigenvalue weighted by Gasteiger charge is -1.98. The topological polar surface area (TPSA) is 77.4 Å². The van der Waals surface area contributed by atoms with Crippen LogP contribution in [0.2, 0.25) is 0 Å². The van der Waals surface area contributed by atoms with E-state index in [1.54, 1.807) is 30.3 Å². The number of alkyl halides is 3. The number of hydrogen-bond acceptors (Lipinski definition) is 3. The van der Waals surface area contributed by atoms with Gasteiger partial charge in [0.25, 0.3) is 0 Å². The summed E-state index contributed by atoms with van der Waals surface area (Å²) in [5, 5.41) is 0.755. The van der Waals surface area contributed by atoms with Crippen molar-refractivity contribution in [2.45, 2.75) is 24.3 Å². The minimum Gasteiger partial charge on any atom is -0.726 e. The monoisotopic (exact) mass is 340 g/mol. The first-order chi connectivity index (χ1) is 9.57. The molecule has 1 fully saturated rings. The lowest BCUT2D eigenvalue weighted by Crippen LogP contribution is -1.97. The molecular formula is C12H11F3O4S2. The van der Waals surface area contributed by atoms with Gasteiger partial charge in [0.05, 0.1) is 10.5 Å². The van der Waals surface area contributed by atoms with Gasteiger partial charge >= 0.3 is 5.51 Å². The summed E-state index contributed by atoms with van der Waals surface area (Å²) in [6, 6.07) is 8.62. The maximum atomic E-state index is 13.0. The summed E-state index contributed by atoms with van der Waals surface area (Å²) in [6.07, 6.45) is 1.83. The lowest BCUT2D eigenvalue weighted by atomic mass is 10.2. The van der Waals surface area contributed by atoms with E-state index in [2.05, 4.69) is 0 Å². The first kappa shape index (κ1) is 16.2. The van der Waals surface area contributed by atoms with Crippen molar-refractivity contribution in [3.05, 3.63) is 35.2 Å². The molecule has 1 aliphatic rings. The Morgan fingerprint density at radius 1 is 1.24 bits per heavy atom. The maximum Gasteiger partial charge on any atom is 0.600 e. The van der Waals surface area contributed by atoms with E-state index >= 15 is 0 Å². The molecule has 0 spiro atoms. The minimum atomic E-state index is -4.92. The van der Waals surface area contributed by atoms with Gasteiger partial charge in [0, 0.05) is 17.4 Å². The zero-order chi connectivity index (χ0) is 15.8. The second-order valence-corrected chi connectivity index (χ2v) is 7.38. The van der Waals surface area contributed by atoms with E-state index in [9.17, 15) is 13.2 Å². The van der Waals surface area contributed by atoms with Crippen molar-refractivity contribution in [2.24, 2.45) is 0 Å². The third-order valence-electron chi connectivity index (χ3n) is 2.88. The van der Waals surface area contributed by atoms with E-state index in [4.69, 9.17) is 17.5 Å². The predicted molar refractivity (Wildman–Crippen MR) is 72.0 cm³/mol. The van der Waals surface area contributed by atoms with Gasteiger partial charge in [-0.1, -0.05) is 12.1 Å². The van der Waals surface area contributed by atoms with Crippen LogP contribution in [0.15, 0.2) is 30.3 Å². The molecule has 1 unspecified atom stereocenters. The Balaban J connectivity index is 0.000000282. The van der Waals surface area contributed by atoms with Crippen LogP contribution in [0.1, 0.15) is 23.6 Å². The number of thiophene rings is 1. The fourth-order valence-corrected chi connectivity index (χ4v) is 4.20. The largest absolute Gasteiger partial charge is 0.726 e. The quantitative estimate of drug-likeness (QED) is 0.484. The normalized spacial score (nSPS) is 16.5. The molecule has 2 aromatic rings. The average molecular weight is 340 g/mol. The molecule has 0 radical (unpaired) electrons. The molecule has 21 heavy (non-hydrogen) atoms. The Morgan fingerprint density at radius 2 is 1.76 bits per heavy atom. The molecular weight excluding hydrogens is 329 g/mol. The summed E-state index contributed by atoms with van der Waals surface area (Å²) >= 11 is 0. The number of hydrogen-bond donors (Lipinski definition) is 1. The van der Waals surface area contributed by atoms with Crippen molar-refractivity contribution in [1.82, 2.24) is 0 Å². The molecule has 0 bridgehead atoms. The third kappa shape index (κ3) is 4.40. The Bertz CT molecular complexity index is 737. The molecule has 1 aromatic carbocycles. The molecule has 0 saturated heterocycles. The first-order valence-electron chi connectivity index (χ1n) is 5.87. The highest BCUT2D eigenvalue weighted by atomic mass is 32.3. The van der Waals surface area contributed by atoms with Crippen LogP contribution in [-0.4, -0.2) is 17.5 Å². The summed E-state index contributed by atoms with van der Waals surface area (Å²) in [4.78, 5) is 0.605. The zero-order valence-electron chi connectivity index (χ0n) is 10.5. The van der Waals surface area contributed by atoms with Gasteiger partial charge in [-0.3, -0.25) is 4.55 Å². The van der Waals surface area contributed by atoms with E-state index < -0.39 is 26.4 Å². The van der Waals surface area contributed by atoms with Crippen LogP contribution in [0, 0.1) is 0 Å². The van der Waals surface area contributed by atoms with Crippen LogP contribution < -0.4 is 0 Å². The lowest BCUT2D eigenvalue weighted by molar-refractivity contribution is -0.0867. The van der Waals surface area contributed by atoms with E-state index in [1.807, 2.05) is 0 Å². The number of rotatable bonds is 1. The smallest absolute Gasteiger partial charge is 0.600 e. The summed E-state index contributed by atoms with van der Waals surface area (Å²) < 4.78 is 72.4. The average Bonchev–Trinajstić information content (AvgIpc) is 3.05. The molecule has 4 nitrogen and oxygen atoms in total. The van der Waals surface area contributed by atoms with Gasteiger partial charge in [0.15, 0.2) is 9.58 Å². The molecule has 3 rings (SSSR count). The zero-order valence-corrected chi connectivity index (χ0v) is 12.1. The van der Waals surface area contributed by atoms with Crippen LogP contribution in [0.4, 0.5) is 13.2 Å². The first-order valence-corrected chi connectivity index (χ1v) is 8.46. The van der Waals surface area contributed by atoms with Gasteiger partial charge in [0.2, 0.25) is 10.4 Å².